The van der Waals surface area contributed by atoms with Gasteiger partial charge in [0.05, 0.1) is 0 Å². The topological polar surface area (TPSA) is 66.4 Å². The van der Waals surface area contributed by atoms with Crippen LogP contribution in [0.15, 0.2) is 17.0 Å². The number of aromatic hydroxyl groups is 1. The maximum absolute atomic E-state index is 11.4. The monoisotopic (exact) mass is 241 g/mol. The van der Waals surface area contributed by atoms with Gasteiger partial charge in [0.2, 0.25) is 0 Å². The van der Waals surface area contributed by atoms with E-state index in [9.17, 15) is 13.5 Å². The van der Waals surface area contributed by atoms with Gasteiger partial charge in [-0.05, 0) is 37.0 Å². The van der Waals surface area contributed by atoms with E-state index >= 15 is 0 Å². The average molecular weight is 241 g/mol. The van der Waals surface area contributed by atoms with Crippen molar-refractivity contribution >= 4 is 15.5 Å². The van der Waals surface area contributed by atoms with Crippen LogP contribution in [-0.4, -0.2) is 26.3 Å². The van der Waals surface area contributed by atoms with Crippen molar-refractivity contribution in [3.05, 3.63) is 17.7 Å². The minimum atomic E-state index is -3.37. The average Bonchev–Trinajstić information content (AvgIpc) is 2.39. The predicted molar refractivity (Wildman–Crippen MR) is 62.6 cm³/mol. The molecule has 1 aliphatic rings. The van der Waals surface area contributed by atoms with Crippen molar-refractivity contribution in [3.8, 4) is 5.75 Å². The van der Waals surface area contributed by atoms with Crippen molar-refractivity contribution < 1.29 is 13.5 Å². The van der Waals surface area contributed by atoms with Crippen LogP contribution in [0.3, 0.4) is 0 Å². The predicted octanol–water partition coefficient (Wildman–Crippen LogP) is 1.54. The van der Waals surface area contributed by atoms with Gasteiger partial charge in [-0.3, -0.25) is 0 Å². The Morgan fingerprint density at radius 1 is 1.31 bits per heavy atom. The number of aryl methyl sites for hydroxylation is 1. The second-order valence-corrected chi connectivity index (χ2v) is 6.12. The summed E-state index contributed by atoms with van der Waals surface area (Å²) in [5.41, 5.74) is 1.82. The molecular weight excluding hydrogens is 226 g/mol. The van der Waals surface area contributed by atoms with E-state index in [2.05, 4.69) is 5.32 Å². The highest BCUT2D eigenvalue weighted by Crippen LogP contribution is 2.31. The molecule has 0 atom stereocenters. The van der Waals surface area contributed by atoms with Gasteiger partial charge in [-0.1, -0.05) is 0 Å². The van der Waals surface area contributed by atoms with E-state index < -0.39 is 9.84 Å². The second-order valence-electron chi connectivity index (χ2n) is 4.13. The molecule has 0 radical (unpaired) electrons. The maximum atomic E-state index is 11.4. The lowest BCUT2D eigenvalue weighted by Gasteiger charge is -2.11. The molecule has 0 fully saturated rings. The molecule has 0 bridgehead atoms. The zero-order valence-corrected chi connectivity index (χ0v) is 9.97. The first-order chi connectivity index (χ1) is 7.48. The van der Waals surface area contributed by atoms with E-state index in [4.69, 9.17) is 0 Å². The summed E-state index contributed by atoms with van der Waals surface area (Å²) in [5.74, 6) is -0.148. The summed E-state index contributed by atoms with van der Waals surface area (Å²) >= 11 is 0. The minimum absolute atomic E-state index is 0.000602. The molecule has 16 heavy (non-hydrogen) atoms. The van der Waals surface area contributed by atoms with Gasteiger partial charge in [0.1, 0.15) is 10.6 Å². The Kier molecular flexibility index (Phi) is 2.80. The minimum Gasteiger partial charge on any atom is -0.507 e. The fourth-order valence-corrected chi connectivity index (χ4v) is 2.71. The highest BCUT2D eigenvalue weighted by Gasteiger charge is 2.17. The Balaban J connectivity index is 2.56. The Bertz CT molecular complexity index is 508. The van der Waals surface area contributed by atoms with Crippen LogP contribution in [0.5, 0.6) is 5.75 Å². The zero-order chi connectivity index (χ0) is 11.8. The van der Waals surface area contributed by atoms with Gasteiger partial charge in [0.15, 0.2) is 9.84 Å². The van der Waals surface area contributed by atoms with Crippen molar-refractivity contribution in [2.75, 3.05) is 18.1 Å². The van der Waals surface area contributed by atoms with Gasteiger partial charge < -0.3 is 10.4 Å². The normalized spacial score (nSPS) is 16.1. The molecule has 0 saturated heterocycles. The number of fused-ring (bicyclic) bond motifs is 1. The van der Waals surface area contributed by atoms with Gasteiger partial charge in [-0.25, -0.2) is 8.42 Å². The summed E-state index contributed by atoms with van der Waals surface area (Å²) in [6, 6.07) is 3.09. The SMILES string of the molecule is CS(=O)(=O)c1cc2c(cc1O)CCCCN2. The molecule has 0 aliphatic carbocycles. The molecule has 1 aliphatic heterocycles. The zero-order valence-electron chi connectivity index (χ0n) is 9.16. The third-order valence-electron chi connectivity index (χ3n) is 2.77. The Morgan fingerprint density at radius 2 is 2.06 bits per heavy atom. The molecule has 0 aromatic heterocycles. The van der Waals surface area contributed by atoms with Crippen LogP contribution in [-0.2, 0) is 16.3 Å². The first kappa shape index (κ1) is 11.3. The Labute approximate surface area is 95.2 Å². The number of phenolic OH excluding ortho intramolecular Hbond substituents is 1. The fourth-order valence-electron chi connectivity index (χ4n) is 1.94. The van der Waals surface area contributed by atoms with Gasteiger partial charge in [0.25, 0.3) is 0 Å². The molecule has 0 saturated carbocycles. The number of hydrogen-bond acceptors (Lipinski definition) is 4. The third-order valence-corrected chi connectivity index (χ3v) is 3.90. The summed E-state index contributed by atoms with van der Waals surface area (Å²) in [5, 5.41) is 12.9. The smallest absolute Gasteiger partial charge is 0.179 e. The number of anilines is 1. The number of phenols is 1. The van der Waals surface area contributed by atoms with Crippen LogP contribution in [0.1, 0.15) is 18.4 Å². The summed E-state index contributed by atoms with van der Waals surface area (Å²) < 4.78 is 22.9. The molecular formula is C11H15NO3S. The van der Waals surface area contributed by atoms with Crippen molar-refractivity contribution in [2.24, 2.45) is 0 Å². The van der Waals surface area contributed by atoms with E-state index in [-0.39, 0.29) is 10.6 Å². The first-order valence-electron chi connectivity index (χ1n) is 5.28. The van der Waals surface area contributed by atoms with Crippen LogP contribution < -0.4 is 5.32 Å². The van der Waals surface area contributed by atoms with Crippen molar-refractivity contribution in [1.29, 1.82) is 0 Å². The number of benzene rings is 1. The molecule has 2 rings (SSSR count). The molecule has 0 unspecified atom stereocenters. The lowest BCUT2D eigenvalue weighted by atomic mass is 10.1. The van der Waals surface area contributed by atoms with Crippen molar-refractivity contribution in [3.63, 3.8) is 0 Å². The first-order valence-corrected chi connectivity index (χ1v) is 7.17. The number of sulfone groups is 1. The number of hydrogen-bond donors (Lipinski definition) is 2. The fraction of sp³-hybridized carbons (Fsp3) is 0.455. The van der Waals surface area contributed by atoms with E-state index in [1.165, 1.54) is 6.07 Å². The van der Waals surface area contributed by atoms with Crippen LogP contribution in [0.4, 0.5) is 5.69 Å². The highest BCUT2D eigenvalue weighted by molar-refractivity contribution is 7.90. The molecule has 1 aromatic rings. The summed E-state index contributed by atoms with van der Waals surface area (Å²) in [6.07, 6.45) is 4.09. The lowest BCUT2D eigenvalue weighted by molar-refractivity contribution is 0.458. The van der Waals surface area contributed by atoms with E-state index in [0.717, 1.165) is 43.3 Å². The van der Waals surface area contributed by atoms with Crippen LogP contribution in [0.2, 0.25) is 0 Å². The highest BCUT2D eigenvalue weighted by atomic mass is 32.2. The van der Waals surface area contributed by atoms with Gasteiger partial charge in [-0.15, -0.1) is 0 Å². The van der Waals surface area contributed by atoms with E-state index in [0.29, 0.717) is 0 Å². The van der Waals surface area contributed by atoms with Crippen LogP contribution >= 0.6 is 0 Å². The standard InChI is InChI=1S/C11H15NO3S/c1-16(14,15)11-7-9-8(6-10(11)13)4-2-3-5-12-9/h6-7,12-13H,2-5H2,1H3. The maximum Gasteiger partial charge on any atom is 0.179 e. The quantitative estimate of drug-likeness (QED) is 0.732. The molecule has 4 nitrogen and oxygen atoms in total. The molecule has 0 amide bonds. The second kappa shape index (κ2) is 3.97. The summed E-state index contributed by atoms with van der Waals surface area (Å²) in [6.45, 7) is 0.848. The molecule has 0 spiro atoms. The molecule has 1 heterocycles. The van der Waals surface area contributed by atoms with E-state index in [1.54, 1.807) is 6.07 Å². The van der Waals surface area contributed by atoms with Gasteiger partial charge in [-0.2, -0.15) is 0 Å². The van der Waals surface area contributed by atoms with Crippen LogP contribution in [0.25, 0.3) is 0 Å². The Morgan fingerprint density at radius 3 is 2.75 bits per heavy atom. The third kappa shape index (κ3) is 2.14. The van der Waals surface area contributed by atoms with Crippen molar-refractivity contribution in [2.45, 2.75) is 24.2 Å². The lowest BCUT2D eigenvalue weighted by Crippen LogP contribution is -2.03. The molecule has 2 N–H and O–H groups in total. The van der Waals surface area contributed by atoms with Crippen molar-refractivity contribution in [1.82, 2.24) is 0 Å². The van der Waals surface area contributed by atoms with Crippen LogP contribution in [0, 0.1) is 0 Å². The largest absolute Gasteiger partial charge is 0.507 e. The number of rotatable bonds is 1. The molecule has 5 heteroatoms. The van der Waals surface area contributed by atoms with E-state index in [1.807, 2.05) is 0 Å². The van der Waals surface area contributed by atoms with Gasteiger partial charge >= 0.3 is 0 Å². The number of nitrogens with one attached hydrogen (secondary N) is 1. The molecule has 88 valence electrons. The molecule has 1 aromatic carbocycles. The summed E-state index contributed by atoms with van der Waals surface area (Å²) in [7, 11) is -3.37. The van der Waals surface area contributed by atoms with Gasteiger partial charge in [0, 0.05) is 18.5 Å². The Hall–Kier alpha value is -1.23. The summed E-state index contributed by atoms with van der Waals surface area (Å²) in [4.78, 5) is 0.000602.